The van der Waals surface area contributed by atoms with Gasteiger partial charge in [-0.2, -0.15) is 5.26 Å². The highest BCUT2D eigenvalue weighted by atomic mass is 79.9. The monoisotopic (exact) mass is 305 g/mol. The Labute approximate surface area is 111 Å². The molecule has 3 nitrogen and oxygen atoms in total. The number of allylic oxidation sites excluding steroid dienone is 1. The van der Waals surface area contributed by atoms with Gasteiger partial charge in [0.25, 0.3) is 0 Å². The van der Waals surface area contributed by atoms with Crippen LogP contribution in [0.5, 0.6) is 0 Å². The van der Waals surface area contributed by atoms with Gasteiger partial charge in [-0.25, -0.2) is 0 Å². The Morgan fingerprint density at radius 2 is 2.06 bits per heavy atom. The van der Waals surface area contributed by atoms with Gasteiger partial charge < -0.3 is 5.73 Å². The molecular formula is C12H8BrN3S. The molecule has 0 unspecified atom stereocenters. The first-order valence-electron chi connectivity index (χ1n) is 4.77. The zero-order valence-electron chi connectivity index (χ0n) is 8.72. The second-order valence-electron chi connectivity index (χ2n) is 3.28. The molecule has 2 aromatic heterocycles. The van der Waals surface area contributed by atoms with Crippen molar-refractivity contribution in [2.45, 2.75) is 0 Å². The van der Waals surface area contributed by atoms with Gasteiger partial charge in [0.2, 0.25) is 0 Å². The lowest BCUT2D eigenvalue weighted by atomic mass is 10.0. The van der Waals surface area contributed by atoms with Crippen LogP contribution in [0.1, 0.15) is 11.1 Å². The molecule has 0 amide bonds. The van der Waals surface area contributed by atoms with Crippen LogP contribution in [0.25, 0.3) is 11.3 Å². The van der Waals surface area contributed by atoms with Crippen LogP contribution in [0.15, 0.2) is 39.8 Å². The normalized spacial score (nSPS) is 11.8. The Balaban J connectivity index is 2.52. The number of nitrogens with zero attached hydrogens (tertiary/aromatic N) is 2. The molecule has 0 spiro atoms. The average molecular weight is 306 g/mol. The van der Waals surface area contributed by atoms with Crippen molar-refractivity contribution >= 4 is 38.5 Å². The number of hydrogen-bond donors (Lipinski definition) is 1. The predicted molar refractivity (Wildman–Crippen MR) is 72.9 cm³/mol. The highest BCUT2D eigenvalue weighted by Gasteiger charge is 2.09. The highest BCUT2D eigenvalue weighted by Crippen LogP contribution is 2.28. The van der Waals surface area contributed by atoms with Crippen molar-refractivity contribution in [2.24, 2.45) is 5.73 Å². The summed E-state index contributed by atoms with van der Waals surface area (Å²) in [6.07, 6.45) is 3.28. The van der Waals surface area contributed by atoms with E-state index in [1.165, 1.54) is 11.3 Å². The maximum atomic E-state index is 9.20. The molecule has 84 valence electrons. The van der Waals surface area contributed by atoms with E-state index in [2.05, 4.69) is 27.0 Å². The van der Waals surface area contributed by atoms with E-state index in [1.807, 2.05) is 11.4 Å². The third kappa shape index (κ3) is 2.54. The van der Waals surface area contributed by atoms with Crippen molar-refractivity contribution in [1.82, 2.24) is 4.98 Å². The lowest BCUT2D eigenvalue weighted by Gasteiger charge is -2.03. The Morgan fingerprint density at radius 1 is 1.35 bits per heavy atom. The zero-order valence-corrected chi connectivity index (χ0v) is 11.1. The summed E-state index contributed by atoms with van der Waals surface area (Å²) >= 11 is 4.91. The van der Waals surface area contributed by atoms with E-state index in [4.69, 9.17) is 5.73 Å². The third-order valence-electron chi connectivity index (χ3n) is 2.23. The molecule has 0 atom stereocenters. The fourth-order valence-corrected chi connectivity index (χ4v) is 2.55. The number of rotatable bonds is 2. The molecule has 0 aliphatic rings. The molecular weight excluding hydrogens is 298 g/mol. The van der Waals surface area contributed by atoms with Crippen LogP contribution in [0, 0.1) is 11.3 Å². The summed E-state index contributed by atoms with van der Waals surface area (Å²) in [6.45, 7) is 0. The molecule has 0 fully saturated rings. The SMILES string of the molecule is N#C/C(=C(/N)c1csc(Br)c1)c1ccncc1. The van der Waals surface area contributed by atoms with E-state index >= 15 is 0 Å². The zero-order chi connectivity index (χ0) is 12.3. The summed E-state index contributed by atoms with van der Waals surface area (Å²) in [5, 5.41) is 11.1. The van der Waals surface area contributed by atoms with Crippen molar-refractivity contribution in [3.63, 3.8) is 0 Å². The molecule has 0 saturated carbocycles. The van der Waals surface area contributed by atoms with Crippen LogP contribution in [0.3, 0.4) is 0 Å². The minimum absolute atomic E-state index is 0.470. The van der Waals surface area contributed by atoms with Gasteiger partial charge in [-0.3, -0.25) is 4.98 Å². The van der Waals surface area contributed by atoms with Crippen molar-refractivity contribution in [3.05, 3.63) is 50.9 Å². The molecule has 17 heavy (non-hydrogen) atoms. The van der Waals surface area contributed by atoms with E-state index in [0.717, 1.165) is 14.9 Å². The first-order chi connectivity index (χ1) is 8.22. The fourth-order valence-electron chi connectivity index (χ4n) is 1.39. The highest BCUT2D eigenvalue weighted by molar-refractivity contribution is 9.11. The van der Waals surface area contributed by atoms with Crippen LogP contribution in [-0.4, -0.2) is 4.98 Å². The van der Waals surface area contributed by atoms with E-state index in [-0.39, 0.29) is 0 Å². The maximum absolute atomic E-state index is 9.20. The number of nitriles is 1. The van der Waals surface area contributed by atoms with E-state index in [1.54, 1.807) is 24.5 Å². The van der Waals surface area contributed by atoms with Gasteiger partial charge in [0.1, 0.15) is 6.07 Å². The van der Waals surface area contributed by atoms with Crippen molar-refractivity contribution in [1.29, 1.82) is 5.26 Å². The molecule has 2 rings (SSSR count). The number of nitrogens with two attached hydrogens (primary N) is 1. The largest absolute Gasteiger partial charge is 0.397 e. The molecule has 0 aromatic carbocycles. The Morgan fingerprint density at radius 3 is 2.59 bits per heavy atom. The molecule has 5 heteroatoms. The summed E-state index contributed by atoms with van der Waals surface area (Å²) < 4.78 is 0.988. The van der Waals surface area contributed by atoms with Gasteiger partial charge in [0, 0.05) is 23.3 Å². The van der Waals surface area contributed by atoms with Crippen LogP contribution < -0.4 is 5.73 Å². The average Bonchev–Trinajstić information content (AvgIpc) is 2.78. The Kier molecular flexibility index (Phi) is 3.57. The van der Waals surface area contributed by atoms with Crippen LogP contribution in [0.2, 0.25) is 0 Å². The molecule has 0 aliphatic carbocycles. The van der Waals surface area contributed by atoms with E-state index in [9.17, 15) is 5.26 Å². The molecule has 0 bridgehead atoms. The Hall–Kier alpha value is -1.64. The minimum atomic E-state index is 0.470. The van der Waals surface area contributed by atoms with Crippen LogP contribution in [-0.2, 0) is 0 Å². The molecule has 2 heterocycles. The summed E-state index contributed by atoms with van der Waals surface area (Å²) in [5.41, 5.74) is 8.61. The molecule has 2 N–H and O–H groups in total. The van der Waals surface area contributed by atoms with E-state index in [0.29, 0.717) is 11.3 Å². The lowest BCUT2D eigenvalue weighted by Crippen LogP contribution is -1.99. The maximum Gasteiger partial charge on any atom is 0.102 e. The molecule has 0 saturated heterocycles. The predicted octanol–water partition coefficient (Wildman–Crippen LogP) is 3.26. The van der Waals surface area contributed by atoms with Crippen molar-refractivity contribution < 1.29 is 0 Å². The number of halogens is 1. The summed E-state index contributed by atoms with van der Waals surface area (Å²) in [7, 11) is 0. The van der Waals surface area contributed by atoms with Gasteiger partial charge >= 0.3 is 0 Å². The van der Waals surface area contributed by atoms with Gasteiger partial charge in [-0.15, -0.1) is 11.3 Å². The van der Waals surface area contributed by atoms with Crippen LogP contribution >= 0.6 is 27.3 Å². The summed E-state index contributed by atoms with van der Waals surface area (Å²) in [4.78, 5) is 3.92. The minimum Gasteiger partial charge on any atom is -0.397 e. The Bertz CT molecular complexity index is 596. The number of hydrogen-bond acceptors (Lipinski definition) is 4. The fraction of sp³-hybridized carbons (Fsp3) is 0. The molecule has 0 radical (unpaired) electrons. The van der Waals surface area contributed by atoms with Crippen LogP contribution in [0.4, 0.5) is 0 Å². The number of aromatic nitrogens is 1. The number of thiophene rings is 1. The first kappa shape index (κ1) is 11.8. The van der Waals surface area contributed by atoms with Gasteiger partial charge in [0.15, 0.2) is 0 Å². The standard InChI is InChI=1S/C12H8BrN3S/c13-11-5-9(7-17-11)12(15)10(6-14)8-1-3-16-4-2-8/h1-5,7H,15H2/b12-10-. The molecule has 0 aliphatic heterocycles. The van der Waals surface area contributed by atoms with Gasteiger partial charge in [-0.05, 0) is 39.7 Å². The second kappa shape index (κ2) is 5.13. The summed E-state index contributed by atoms with van der Waals surface area (Å²) in [6, 6.07) is 7.58. The summed E-state index contributed by atoms with van der Waals surface area (Å²) in [5.74, 6) is 0. The third-order valence-corrected chi connectivity index (χ3v) is 3.73. The molecule has 2 aromatic rings. The lowest BCUT2D eigenvalue weighted by molar-refractivity contribution is 1.32. The second-order valence-corrected chi connectivity index (χ2v) is 5.57. The number of pyridine rings is 1. The smallest absolute Gasteiger partial charge is 0.102 e. The van der Waals surface area contributed by atoms with Crippen molar-refractivity contribution in [3.8, 4) is 6.07 Å². The van der Waals surface area contributed by atoms with Gasteiger partial charge in [0.05, 0.1) is 15.1 Å². The quantitative estimate of drug-likeness (QED) is 0.866. The van der Waals surface area contributed by atoms with Gasteiger partial charge in [-0.1, -0.05) is 0 Å². The topological polar surface area (TPSA) is 62.7 Å². The van der Waals surface area contributed by atoms with E-state index < -0.39 is 0 Å². The first-order valence-corrected chi connectivity index (χ1v) is 6.44. The van der Waals surface area contributed by atoms with Crippen molar-refractivity contribution in [2.75, 3.05) is 0 Å².